The molecule has 0 aliphatic rings. The third kappa shape index (κ3) is 14.2. The third-order valence-electron chi connectivity index (χ3n) is 5.59. The van der Waals surface area contributed by atoms with Crippen LogP contribution in [0.5, 0.6) is 11.5 Å². The highest BCUT2D eigenvalue weighted by atomic mass is 16.7. The predicted molar refractivity (Wildman–Crippen MR) is 147 cm³/mol. The molecule has 3 atom stereocenters. The van der Waals surface area contributed by atoms with Crippen molar-refractivity contribution in [2.24, 2.45) is 17.8 Å². The number of rotatable bonds is 16. The first-order valence-electron chi connectivity index (χ1n) is 13.7. The van der Waals surface area contributed by atoms with E-state index >= 15 is 0 Å². The normalized spacial score (nSPS) is 13.2. The topological polar surface area (TPSA) is 136 Å². The van der Waals surface area contributed by atoms with E-state index in [9.17, 15) is 19.2 Å². The van der Waals surface area contributed by atoms with Gasteiger partial charge in [0.05, 0.1) is 20.3 Å². The van der Waals surface area contributed by atoms with Crippen molar-refractivity contribution in [3.05, 3.63) is 23.8 Å². The number of carbonyl (C=O) groups is 4. The van der Waals surface area contributed by atoms with Crippen LogP contribution in [0, 0.1) is 17.8 Å². The Morgan fingerprint density at radius 3 is 1.95 bits per heavy atom. The van der Waals surface area contributed by atoms with Gasteiger partial charge in [-0.1, -0.05) is 54.0 Å². The van der Waals surface area contributed by atoms with E-state index in [-0.39, 0.29) is 61.4 Å². The fourth-order valence-electron chi connectivity index (χ4n) is 3.22. The number of methoxy groups -OCH3 is 1. The summed E-state index contributed by atoms with van der Waals surface area (Å²) in [5, 5.41) is 3.07. The van der Waals surface area contributed by atoms with E-state index in [2.05, 4.69) is 5.32 Å². The number of esters is 2. The van der Waals surface area contributed by atoms with E-state index in [0.717, 1.165) is 6.42 Å². The van der Waals surface area contributed by atoms with Gasteiger partial charge in [-0.15, -0.1) is 0 Å². The van der Waals surface area contributed by atoms with Crippen molar-refractivity contribution in [2.45, 2.75) is 79.9 Å². The smallest absolute Gasteiger partial charge is 0.468 e. The number of hydrogen-bond donors (Lipinski definition) is 1. The van der Waals surface area contributed by atoms with Crippen LogP contribution in [0.2, 0.25) is 0 Å². The number of benzene rings is 1. The molecule has 2 unspecified atom stereocenters. The fraction of sp³-hybridized carbons (Fsp3) is 0.655. The van der Waals surface area contributed by atoms with Crippen molar-refractivity contribution < 1.29 is 47.6 Å². The van der Waals surface area contributed by atoms with Crippen molar-refractivity contribution in [3.8, 4) is 11.5 Å². The Morgan fingerprint density at radius 2 is 1.43 bits per heavy atom. The Kier molecular flexibility index (Phi) is 15.7. The lowest BCUT2D eigenvalue weighted by Gasteiger charge is -2.21. The minimum absolute atomic E-state index is 0.0524. The van der Waals surface area contributed by atoms with E-state index in [0.29, 0.717) is 12.0 Å². The second-order valence-electron chi connectivity index (χ2n) is 10.6. The highest BCUT2D eigenvalue weighted by molar-refractivity contribution is 5.76. The van der Waals surface area contributed by atoms with Crippen LogP contribution in [0.4, 0.5) is 9.59 Å². The predicted octanol–water partition coefficient (Wildman–Crippen LogP) is 5.07. The lowest BCUT2D eigenvalue weighted by molar-refractivity contribution is -0.149. The summed E-state index contributed by atoms with van der Waals surface area (Å²) in [6, 6.07) is 3.72. The highest BCUT2D eigenvalue weighted by Gasteiger charge is 2.23. The van der Waals surface area contributed by atoms with E-state index in [4.69, 9.17) is 28.4 Å². The minimum atomic E-state index is -0.970. The largest absolute Gasteiger partial charge is 0.513 e. The Morgan fingerprint density at radius 1 is 0.850 bits per heavy atom. The second-order valence-corrected chi connectivity index (χ2v) is 10.6. The van der Waals surface area contributed by atoms with Crippen LogP contribution in [0.3, 0.4) is 0 Å². The molecule has 0 aromatic heterocycles. The summed E-state index contributed by atoms with van der Waals surface area (Å²) in [7, 11) is 1.27. The Bertz CT molecular complexity index is 962. The average Bonchev–Trinajstić information content (AvgIpc) is 2.89. The van der Waals surface area contributed by atoms with Gasteiger partial charge in [0.2, 0.25) is 0 Å². The molecule has 0 radical (unpaired) electrons. The molecule has 0 amide bonds. The number of nitrogens with one attached hydrogen (secondary N) is 1. The summed E-state index contributed by atoms with van der Waals surface area (Å²) in [4.78, 5) is 49.0. The van der Waals surface area contributed by atoms with E-state index < -0.39 is 30.4 Å². The van der Waals surface area contributed by atoms with Crippen LogP contribution in [-0.2, 0) is 35.0 Å². The second kappa shape index (κ2) is 18.1. The quantitative estimate of drug-likeness (QED) is 0.163. The summed E-state index contributed by atoms with van der Waals surface area (Å²) < 4.78 is 31.1. The Hall–Kier alpha value is -3.34. The molecule has 0 aliphatic carbocycles. The van der Waals surface area contributed by atoms with Crippen LogP contribution in [-0.4, -0.2) is 63.3 Å². The lowest BCUT2D eigenvalue weighted by Crippen LogP contribution is -2.43. The molecule has 0 spiro atoms. The maximum atomic E-state index is 12.5. The number of ether oxygens (including phenoxy) is 6. The zero-order chi connectivity index (χ0) is 30.2. The van der Waals surface area contributed by atoms with Crippen LogP contribution in [0.15, 0.2) is 18.2 Å². The van der Waals surface area contributed by atoms with Gasteiger partial charge in [-0.3, -0.25) is 9.59 Å². The zero-order valence-corrected chi connectivity index (χ0v) is 24.9. The molecule has 11 heteroatoms. The van der Waals surface area contributed by atoms with Crippen molar-refractivity contribution in [1.29, 1.82) is 0 Å². The molecule has 1 N–H and O–H groups in total. The summed E-state index contributed by atoms with van der Waals surface area (Å²) in [6.45, 7) is 13.7. The van der Waals surface area contributed by atoms with E-state index in [1.165, 1.54) is 19.2 Å². The van der Waals surface area contributed by atoms with Crippen molar-refractivity contribution in [1.82, 2.24) is 5.32 Å². The molecule has 0 fully saturated rings. The van der Waals surface area contributed by atoms with Crippen LogP contribution < -0.4 is 14.8 Å². The first kappa shape index (κ1) is 34.7. The molecule has 11 nitrogen and oxygen atoms in total. The fourth-order valence-corrected chi connectivity index (χ4v) is 3.22. The Labute approximate surface area is 237 Å². The molecular formula is C29H45NO10. The minimum Gasteiger partial charge on any atom is -0.468 e. The van der Waals surface area contributed by atoms with Crippen molar-refractivity contribution >= 4 is 24.2 Å². The van der Waals surface area contributed by atoms with Gasteiger partial charge in [0.15, 0.2) is 11.5 Å². The molecule has 0 bridgehead atoms. The van der Waals surface area contributed by atoms with Gasteiger partial charge in [-0.25, -0.2) is 9.59 Å². The average molecular weight is 568 g/mol. The molecule has 40 heavy (non-hydrogen) atoms. The monoisotopic (exact) mass is 567 g/mol. The van der Waals surface area contributed by atoms with Crippen LogP contribution in [0.1, 0.15) is 66.9 Å². The first-order chi connectivity index (χ1) is 18.8. The highest BCUT2D eigenvalue weighted by Crippen LogP contribution is 2.30. The summed E-state index contributed by atoms with van der Waals surface area (Å²) in [6.07, 6.45) is -1.07. The van der Waals surface area contributed by atoms with Gasteiger partial charge < -0.3 is 33.7 Å². The van der Waals surface area contributed by atoms with Gasteiger partial charge in [0.1, 0.15) is 12.1 Å². The molecule has 1 rings (SSSR count). The van der Waals surface area contributed by atoms with Gasteiger partial charge in [-0.2, -0.15) is 0 Å². The molecule has 1 aromatic carbocycles. The number of hydrogen-bond acceptors (Lipinski definition) is 11. The summed E-state index contributed by atoms with van der Waals surface area (Å²) in [5.41, 5.74) is 0.568. The first-order valence-corrected chi connectivity index (χ1v) is 13.7. The zero-order valence-electron chi connectivity index (χ0n) is 24.9. The van der Waals surface area contributed by atoms with E-state index in [1.807, 2.05) is 41.5 Å². The van der Waals surface area contributed by atoms with Gasteiger partial charge in [-0.05, 0) is 48.8 Å². The third-order valence-corrected chi connectivity index (χ3v) is 5.59. The summed E-state index contributed by atoms with van der Waals surface area (Å²) in [5.74, 6) is -0.554. The summed E-state index contributed by atoms with van der Waals surface area (Å²) >= 11 is 0. The maximum absolute atomic E-state index is 12.5. The van der Waals surface area contributed by atoms with Gasteiger partial charge in [0, 0.05) is 13.0 Å². The molecule has 226 valence electrons. The van der Waals surface area contributed by atoms with Crippen molar-refractivity contribution in [3.63, 3.8) is 0 Å². The van der Waals surface area contributed by atoms with Crippen molar-refractivity contribution in [2.75, 3.05) is 26.9 Å². The van der Waals surface area contributed by atoms with Gasteiger partial charge in [0.25, 0.3) is 0 Å². The lowest BCUT2D eigenvalue weighted by atomic mass is 10.0. The molecule has 0 heterocycles. The Balaban J connectivity index is 3.02. The molecule has 0 aliphatic heterocycles. The standard InChI is InChI=1S/C29H45NO10/c1-9-20(6)12-26(31)38-21(7)15-30-23(27(32)35-8)13-22-10-11-24(39-28(33)36-16-18(2)3)25(14-22)40-29(34)37-17-19(4)5/h10-11,14,18-21,23,30H,9,12-13,15-17H2,1-8H3/t20?,21?,23-/m0/s1. The molecule has 0 saturated carbocycles. The van der Waals surface area contributed by atoms with Crippen LogP contribution in [0.25, 0.3) is 0 Å². The molecule has 0 saturated heterocycles. The SMILES string of the molecule is CCC(C)CC(=O)OC(C)CN[C@@H](Cc1ccc(OC(=O)OCC(C)C)c(OC(=O)OCC(C)C)c1)C(=O)OC. The maximum Gasteiger partial charge on any atom is 0.513 e. The molecule has 1 aromatic rings. The van der Waals surface area contributed by atoms with Crippen LogP contribution >= 0.6 is 0 Å². The van der Waals surface area contributed by atoms with Gasteiger partial charge >= 0.3 is 24.2 Å². The number of carbonyl (C=O) groups excluding carboxylic acids is 4. The molecular weight excluding hydrogens is 522 g/mol. The van der Waals surface area contributed by atoms with E-state index in [1.54, 1.807) is 13.0 Å².